The Morgan fingerprint density at radius 2 is 1.84 bits per heavy atom. The Kier molecular flexibility index (Phi) is 3.78. The summed E-state index contributed by atoms with van der Waals surface area (Å²) in [7, 11) is 1.63. The molecule has 0 unspecified atom stereocenters. The fourth-order valence-corrected chi connectivity index (χ4v) is 2.73. The van der Waals surface area contributed by atoms with Gasteiger partial charge in [-0.25, -0.2) is 14.8 Å². The highest BCUT2D eigenvalue weighted by atomic mass is 16.5. The molecule has 0 bridgehead atoms. The Bertz CT molecular complexity index is 1070. The van der Waals surface area contributed by atoms with E-state index in [1.807, 2.05) is 54.6 Å². The highest BCUT2D eigenvalue weighted by molar-refractivity contribution is 5.71. The van der Waals surface area contributed by atoms with E-state index < -0.39 is 0 Å². The number of hydrogen-bond donors (Lipinski definition) is 1. The molecule has 124 valence electrons. The first-order valence-electron chi connectivity index (χ1n) is 7.88. The van der Waals surface area contributed by atoms with E-state index in [1.165, 1.54) is 0 Å². The van der Waals surface area contributed by atoms with Crippen molar-refractivity contribution in [3.8, 4) is 17.0 Å². The average molecular weight is 332 g/mol. The van der Waals surface area contributed by atoms with Crippen molar-refractivity contribution < 1.29 is 4.74 Å². The molecule has 0 amide bonds. The number of benzene rings is 2. The Hall–Kier alpha value is -3.41. The molecule has 0 saturated carbocycles. The molecule has 2 aromatic carbocycles. The summed E-state index contributed by atoms with van der Waals surface area (Å²) >= 11 is 0. The van der Waals surface area contributed by atoms with Crippen molar-refractivity contribution in [1.29, 1.82) is 0 Å². The number of nitrogens with one attached hydrogen (secondary N) is 1. The van der Waals surface area contributed by atoms with Crippen molar-refractivity contribution in [2.75, 3.05) is 7.11 Å². The summed E-state index contributed by atoms with van der Waals surface area (Å²) in [5, 5.41) is 0. The number of ether oxygens (including phenoxy) is 1. The highest BCUT2D eigenvalue weighted by Gasteiger charge is 2.11. The van der Waals surface area contributed by atoms with Crippen LogP contribution in [-0.2, 0) is 6.54 Å². The van der Waals surface area contributed by atoms with E-state index in [0.717, 1.165) is 16.9 Å². The third-order valence-corrected chi connectivity index (χ3v) is 4.05. The minimum Gasteiger partial charge on any atom is -0.497 e. The van der Waals surface area contributed by atoms with Gasteiger partial charge in [-0.05, 0) is 29.8 Å². The monoisotopic (exact) mass is 332 g/mol. The van der Waals surface area contributed by atoms with Gasteiger partial charge in [-0.1, -0.05) is 30.3 Å². The first-order chi connectivity index (χ1) is 12.2. The van der Waals surface area contributed by atoms with Gasteiger partial charge in [0.25, 0.3) is 0 Å². The lowest BCUT2D eigenvalue weighted by Gasteiger charge is -2.05. The number of hydrogen-bond acceptors (Lipinski definition) is 4. The van der Waals surface area contributed by atoms with Crippen LogP contribution in [-0.4, -0.2) is 26.6 Å². The van der Waals surface area contributed by atoms with Gasteiger partial charge in [0.1, 0.15) is 5.75 Å². The molecule has 0 aliphatic carbocycles. The number of aromatic amines is 1. The van der Waals surface area contributed by atoms with Crippen molar-refractivity contribution >= 4 is 11.3 Å². The zero-order valence-electron chi connectivity index (χ0n) is 13.6. The van der Waals surface area contributed by atoms with Crippen LogP contribution < -0.4 is 10.4 Å². The topological polar surface area (TPSA) is 72.8 Å². The van der Waals surface area contributed by atoms with Gasteiger partial charge < -0.3 is 4.74 Å². The Morgan fingerprint density at radius 3 is 2.56 bits per heavy atom. The summed E-state index contributed by atoms with van der Waals surface area (Å²) in [5.74, 6) is 0.778. The zero-order chi connectivity index (χ0) is 17.2. The molecule has 0 spiro atoms. The van der Waals surface area contributed by atoms with Gasteiger partial charge in [-0.15, -0.1) is 0 Å². The fraction of sp³-hybridized carbons (Fsp3) is 0.105. The molecule has 6 nitrogen and oxygen atoms in total. The van der Waals surface area contributed by atoms with Gasteiger partial charge in [0.05, 0.1) is 25.5 Å². The molecule has 0 aliphatic heterocycles. The number of nitrogens with zero attached hydrogens (tertiary/aromatic N) is 3. The van der Waals surface area contributed by atoms with E-state index in [9.17, 15) is 4.79 Å². The van der Waals surface area contributed by atoms with Crippen molar-refractivity contribution in [2.45, 2.75) is 6.54 Å². The van der Waals surface area contributed by atoms with Gasteiger partial charge >= 0.3 is 5.69 Å². The van der Waals surface area contributed by atoms with Crippen molar-refractivity contribution in [1.82, 2.24) is 19.5 Å². The minimum atomic E-state index is -0.217. The molecule has 1 N–H and O–H groups in total. The highest BCUT2D eigenvalue weighted by Crippen LogP contribution is 2.21. The SMILES string of the molecule is COc1ccc(-c2cnc3[nH]c(=O)n(Cc4ccccc4)c3n2)cc1. The maximum atomic E-state index is 12.3. The lowest BCUT2D eigenvalue weighted by molar-refractivity contribution is 0.415. The fourth-order valence-electron chi connectivity index (χ4n) is 2.73. The number of aromatic nitrogens is 4. The number of rotatable bonds is 4. The number of methoxy groups -OCH3 is 1. The lowest BCUT2D eigenvalue weighted by Crippen LogP contribution is -2.17. The van der Waals surface area contributed by atoms with Gasteiger partial charge in [0.15, 0.2) is 11.3 Å². The maximum Gasteiger partial charge on any atom is 0.329 e. The number of H-pyrrole nitrogens is 1. The molecule has 0 aliphatic rings. The van der Waals surface area contributed by atoms with E-state index in [4.69, 9.17) is 4.74 Å². The van der Waals surface area contributed by atoms with Crippen LogP contribution >= 0.6 is 0 Å². The molecule has 0 fully saturated rings. The molecule has 2 heterocycles. The molecule has 0 radical (unpaired) electrons. The van der Waals surface area contributed by atoms with Crippen LogP contribution in [0.4, 0.5) is 0 Å². The smallest absolute Gasteiger partial charge is 0.329 e. The lowest BCUT2D eigenvalue weighted by atomic mass is 10.1. The summed E-state index contributed by atoms with van der Waals surface area (Å²) in [6.45, 7) is 0.445. The molecule has 0 atom stereocenters. The molecule has 4 rings (SSSR count). The third-order valence-electron chi connectivity index (χ3n) is 4.05. The predicted molar refractivity (Wildman–Crippen MR) is 95.7 cm³/mol. The van der Waals surface area contributed by atoms with Gasteiger partial charge in [0, 0.05) is 5.56 Å². The second-order valence-corrected chi connectivity index (χ2v) is 5.66. The van der Waals surface area contributed by atoms with E-state index in [0.29, 0.717) is 23.5 Å². The Labute approximate surface area is 143 Å². The summed E-state index contributed by atoms with van der Waals surface area (Å²) < 4.78 is 6.78. The van der Waals surface area contributed by atoms with Crippen molar-refractivity contribution in [3.63, 3.8) is 0 Å². The van der Waals surface area contributed by atoms with Crippen LogP contribution in [0.3, 0.4) is 0 Å². The van der Waals surface area contributed by atoms with Crippen LogP contribution in [0.2, 0.25) is 0 Å². The minimum absolute atomic E-state index is 0.217. The summed E-state index contributed by atoms with van der Waals surface area (Å²) in [6.07, 6.45) is 1.66. The number of imidazole rings is 1. The summed E-state index contributed by atoms with van der Waals surface area (Å²) in [5.41, 5.74) is 3.46. The molecule has 2 aromatic heterocycles. The normalized spacial score (nSPS) is 10.9. The average Bonchev–Trinajstić information content (AvgIpc) is 2.97. The van der Waals surface area contributed by atoms with E-state index in [1.54, 1.807) is 17.9 Å². The van der Waals surface area contributed by atoms with Crippen LogP contribution in [0.25, 0.3) is 22.6 Å². The Morgan fingerprint density at radius 1 is 1.08 bits per heavy atom. The second kappa shape index (κ2) is 6.24. The van der Waals surface area contributed by atoms with E-state index in [2.05, 4.69) is 15.0 Å². The van der Waals surface area contributed by atoms with E-state index >= 15 is 0 Å². The quantitative estimate of drug-likeness (QED) is 0.624. The molecule has 6 heteroatoms. The molecular formula is C19H16N4O2. The molecule has 4 aromatic rings. The first-order valence-corrected chi connectivity index (χ1v) is 7.88. The van der Waals surface area contributed by atoms with Gasteiger partial charge in [0.2, 0.25) is 0 Å². The van der Waals surface area contributed by atoms with Gasteiger partial charge in [-0.2, -0.15) is 0 Å². The largest absolute Gasteiger partial charge is 0.497 e. The number of fused-ring (bicyclic) bond motifs is 1. The van der Waals surface area contributed by atoms with Crippen LogP contribution in [0.5, 0.6) is 5.75 Å². The van der Waals surface area contributed by atoms with Crippen LogP contribution in [0.1, 0.15) is 5.56 Å². The zero-order valence-corrected chi connectivity index (χ0v) is 13.6. The maximum absolute atomic E-state index is 12.3. The van der Waals surface area contributed by atoms with Crippen molar-refractivity contribution in [2.24, 2.45) is 0 Å². The van der Waals surface area contributed by atoms with Gasteiger partial charge in [-0.3, -0.25) is 9.55 Å². The van der Waals surface area contributed by atoms with Crippen molar-refractivity contribution in [3.05, 3.63) is 76.8 Å². The molecular weight excluding hydrogens is 316 g/mol. The second-order valence-electron chi connectivity index (χ2n) is 5.66. The predicted octanol–water partition coefficient (Wildman–Crippen LogP) is 2.84. The standard InChI is InChI=1S/C19H16N4O2/c1-25-15-9-7-14(8-10-15)16-11-20-17-18(21-16)23(19(24)22-17)12-13-5-3-2-4-6-13/h2-11H,12H2,1H3,(H,20,22,24). The summed E-state index contributed by atoms with van der Waals surface area (Å²) in [4.78, 5) is 24.0. The van der Waals surface area contributed by atoms with Crippen LogP contribution in [0, 0.1) is 0 Å². The van der Waals surface area contributed by atoms with Crippen LogP contribution in [0.15, 0.2) is 65.6 Å². The van der Waals surface area contributed by atoms with E-state index in [-0.39, 0.29) is 5.69 Å². The third kappa shape index (κ3) is 2.89. The Balaban J connectivity index is 1.78. The summed E-state index contributed by atoms with van der Waals surface area (Å²) in [6, 6.07) is 17.4. The molecule has 0 saturated heterocycles. The first kappa shape index (κ1) is 15.1. The molecule has 25 heavy (non-hydrogen) atoms.